The van der Waals surface area contributed by atoms with Crippen molar-refractivity contribution in [1.82, 2.24) is 14.9 Å². The molecule has 24 heavy (non-hydrogen) atoms. The minimum Gasteiger partial charge on any atom is -0.348 e. The van der Waals surface area contributed by atoms with Crippen LogP contribution in [0.15, 0.2) is 59.8 Å². The van der Waals surface area contributed by atoms with Gasteiger partial charge in [-0.15, -0.1) is 0 Å². The first kappa shape index (κ1) is 15.9. The first-order chi connectivity index (χ1) is 11.5. The minimum atomic E-state index is -0.196. The fourth-order valence-electron chi connectivity index (χ4n) is 2.63. The Labute approximate surface area is 140 Å². The average Bonchev–Trinajstić information content (AvgIpc) is 2.58. The summed E-state index contributed by atoms with van der Waals surface area (Å²) in [5, 5.41) is 4.26. The summed E-state index contributed by atoms with van der Waals surface area (Å²) in [6.45, 7) is 3.94. The zero-order valence-electron chi connectivity index (χ0n) is 13.7. The van der Waals surface area contributed by atoms with Crippen molar-refractivity contribution in [3.8, 4) is 0 Å². The molecule has 1 amide bonds. The predicted molar refractivity (Wildman–Crippen MR) is 93.7 cm³/mol. The molecule has 1 atom stereocenters. The maximum atomic E-state index is 12.4. The van der Waals surface area contributed by atoms with Gasteiger partial charge in [0.25, 0.3) is 5.56 Å². The van der Waals surface area contributed by atoms with Gasteiger partial charge in [-0.2, -0.15) is 0 Å². The lowest BCUT2D eigenvalue weighted by atomic mass is 10.1. The highest BCUT2D eigenvalue weighted by Crippen LogP contribution is 2.13. The second-order valence-electron chi connectivity index (χ2n) is 5.91. The van der Waals surface area contributed by atoms with Gasteiger partial charge in [0.15, 0.2) is 0 Å². The molecule has 0 fully saturated rings. The van der Waals surface area contributed by atoms with Crippen molar-refractivity contribution >= 4 is 16.7 Å². The van der Waals surface area contributed by atoms with E-state index in [2.05, 4.69) is 10.3 Å². The van der Waals surface area contributed by atoms with E-state index in [1.807, 2.05) is 38.1 Å². The molecule has 1 aromatic carbocycles. The molecule has 5 nitrogen and oxygen atoms in total. The largest absolute Gasteiger partial charge is 0.348 e. The summed E-state index contributed by atoms with van der Waals surface area (Å²) in [6, 6.07) is 11.4. The predicted octanol–water partition coefficient (Wildman–Crippen LogP) is 2.58. The molecular formula is C19H19N3O2. The first-order valence-electron chi connectivity index (χ1n) is 7.83. The molecule has 0 radical (unpaired) electrons. The Morgan fingerprint density at radius 1 is 1.21 bits per heavy atom. The fourth-order valence-corrected chi connectivity index (χ4v) is 2.63. The SMILES string of the molecule is Cc1ccc([C@H](C)NC(=O)Cn2ccc3cnccc3c2=O)cc1. The third-order valence-corrected chi connectivity index (χ3v) is 4.05. The van der Waals surface area contributed by atoms with E-state index in [4.69, 9.17) is 0 Å². The summed E-state index contributed by atoms with van der Waals surface area (Å²) in [5.74, 6) is -0.196. The van der Waals surface area contributed by atoms with Crippen LogP contribution in [0.2, 0.25) is 0 Å². The molecule has 2 aromatic heterocycles. The van der Waals surface area contributed by atoms with Gasteiger partial charge in [0.05, 0.1) is 11.4 Å². The van der Waals surface area contributed by atoms with Gasteiger partial charge in [-0.3, -0.25) is 14.6 Å². The van der Waals surface area contributed by atoms with Gasteiger partial charge in [-0.25, -0.2) is 0 Å². The molecule has 5 heteroatoms. The van der Waals surface area contributed by atoms with Crippen molar-refractivity contribution in [3.05, 3.63) is 76.5 Å². The number of nitrogens with zero attached hydrogens (tertiary/aromatic N) is 2. The van der Waals surface area contributed by atoms with Gasteiger partial charge in [0.1, 0.15) is 6.54 Å². The fraction of sp³-hybridized carbons (Fsp3) is 0.211. The molecule has 0 bridgehead atoms. The van der Waals surface area contributed by atoms with E-state index in [1.165, 1.54) is 10.1 Å². The molecule has 0 aliphatic carbocycles. The third kappa shape index (κ3) is 3.35. The summed E-state index contributed by atoms with van der Waals surface area (Å²) < 4.78 is 1.42. The highest BCUT2D eigenvalue weighted by molar-refractivity contribution is 5.81. The van der Waals surface area contributed by atoms with Gasteiger partial charge in [0.2, 0.25) is 5.91 Å². The number of aryl methyl sites for hydroxylation is 1. The molecule has 0 saturated carbocycles. The number of nitrogens with one attached hydrogen (secondary N) is 1. The van der Waals surface area contributed by atoms with Gasteiger partial charge in [-0.1, -0.05) is 29.8 Å². The highest BCUT2D eigenvalue weighted by atomic mass is 16.2. The standard InChI is InChI=1S/C19H19N3O2/c1-13-3-5-15(6-4-13)14(2)21-18(23)12-22-10-8-16-11-20-9-7-17(16)19(22)24/h3-11,14H,12H2,1-2H3,(H,21,23)/t14-/m0/s1. The van der Waals surface area contributed by atoms with Crippen molar-refractivity contribution < 1.29 is 4.79 Å². The highest BCUT2D eigenvalue weighted by Gasteiger charge is 2.11. The maximum Gasteiger partial charge on any atom is 0.259 e. The van der Waals surface area contributed by atoms with Gasteiger partial charge < -0.3 is 9.88 Å². The average molecular weight is 321 g/mol. The van der Waals surface area contributed by atoms with E-state index in [9.17, 15) is 9.59 Å². The van der Waals surface area contributed by atoms with Crippen LogP contribution in [0.5, 0.6) is 0 Å². The number of carbonyl (C=O) groups excluding carboxylic acids is 1. The van der Waals surface area contributed by atoms with Crippen LogP contribution in [0, 0.1) is 6.92 Å². The van der Waals surface area contributed by atoms with Gasteiger partial charge >= 0.3 is 0 Å². The number of fused-ring (bicyclic) bond motifs is 1. The first-order valence-corrected chi connectivity index (χ1v) is 7.83. The van der Waals surface area contributed by atoms with Crippen molar-refractivity contribution in [2.45, 2.75) is 26.4 Å². The van der Waals surface area contributed by atoms with Crippen LogP contribution in [0.3, 0.4) is 0 Å². The summed E-state index contributed by atoms with van der Waals surface area (Å²) in [4.78, 5) is 28.7. The van der Waals surface area contributed by atoms with Crippen LogP contribution in [-0.4, -0.2) is 15.5 Å². The lowest BCUT2D eigenvalue weighted by molar-refractivity contribution is -0.122. The summed E-state index contributed by atoms with van der Waals surface area (Å²) >= 11 is 0. The topological polar surface area (TPSA) is 64.0 Å². The van der Waals surface area contributed by atoms with Crippen LogP contribution < -0.4 is 10.9 Å². The van der Waals surface area contributed by atoms with Crippen LogP contribution in [0.4, 0.5) is 0 Å². The molecule has 3 aromatic rings. The molecule has 3 rings (SSSR count). The minimum absolute atomic E-state index is 0.00665. The van der Waals surface area contributed by atoms with Gasteiger partial charge in [0, 0.05) is 24.0 Å². The van der Waals surface area contributed by atoms with Gasteiger partial charge in [-0.05, 0) is 31.5 Å². The van der Waals surface area contributed by atoms with E-state index >= 15 is 0 Å². The van der Waals surface area contributed by atoms with E-state index < -0.39 is 0 Å². The maximum absolute atomic E-state index is 12.4. The number of aromatic nitrogens is 2. The van der Waals surface area contributed by atoms with Crippen molar-refractivity contribution in [3.63, 3.8) is 0 Å². The Hall–Kier alpha value is -2.95. The Morgan fingerprint density at radius 3 is 2.71 bits per heavy atom. The number of hydrogen-bond acceptors (Lipinski definition) is 3. The van der Waals surface area contributed by atoms with Crippen LogP contribution >= 0.6 is 0 Å². The Morgan fingerprint density at radius 2 is 1.96 bits per heavy atom. The second kappa shape index (κ2) is 6.66. The van der Waals surface area contributed by atoms with Crippen molar-refractivity contribution in [2.24, 2.45) is 0 Å². The van der Waals surface area contributed by atoms with Crippen molar-refractivity contribution in [2.75, 3.05) is 0 Å². The molecule has 0 aliphatic rings. The Balaban J connectivity index is 1.74. The normalized spacial score (nSPS) is 12.1. The quantitative estimate of drug-likeness (QED) is 0.803. The number of carbonyl (C=O) groups is 1. The summed E-state index contributed by atoms with van der Waals surface area (Å²) in [5.41, 5.74) is 2.02. The lowest BCUT2D eigenvalue weighted by Gasteiger charge is -2.15. The van der Waals surface area contributed by atoms with Crippen molar-refractivity contribution in [1.29, 1.82) is 0 Å². The molecular weight excluding hydrogens is 302 g/mol. The monoisotopic (exact) mass is 321 g/mol. The Kier molecular flexibility index (Phi) is 4.42. The molecule has 0 saturated heterocycles. The van der Waals surface area contributed by atoms with Crippen LogP contribution in [0.25, 0.3) is 10.8 Å². The molecule has 1 N–H and O–H groups in total. The molecule has 122 valence electrons. The van der Waals surface area contributed by atoms with Crippen LogP contribution in [-0.2, 0) is 11.3 Å². The van der Waals surface area contributed by atoms with E-state index in [-0.39, 0.29) is 24.1 Å². The van der Waals surface area contributed by atoms with E-state index in [1.54, 1.807) is 30.7 Å². The van der Waals surface area contributed by atoms with E-state index in [0.717, 1.165) is 10.9 Å². The number of benzene rings is 1. The molecule has 0 unspecified atom stereocenters. The lowest BCUT2D eigenvalue weighted by Crippen LogP contribution is -2.33. The summed E-state index contributed by atoms with van der Waals surface area (Å²) in [6.07, 6.45) is 4.84. The molecule has 2 heterocycles. The number of pyridine rings is 2. The number of rotatable bonds is 4. The number of amides is 1. The second-order valence-corrected chi connectivity index (χ2v) is 5.91. The number of hydrogen-bond donors (Lipinski definition) is 1. The van der Waals surface area contributed by atoms with Crippen LogP contribution in [0.1, 0.15) is 24.1 Å². The summed E-state index contributed by atoms with van der Waals surface area (Å²) in [7, 11) is 0. The molecule has 0 spiro atoms. The third-order valence-electron chi connectivity index (χ3n) is 4.05. The Bertz CT molecular complexity index is 929. The van der Waals surface area contributed by atoms with E-state index in [0.29, 0.717) is 5.39 Å². The zero-order valence-corrected chi connectivity index (χ0v) is 13.7. The zero-order chi connectivity index (χ0) is 17.1. The molecule has 0 aliphatic heterocycles. The smallest absolute Gasteiger partial charge is 0.259 e.